The highest BCUT2D eigenvalue weighted by Crippen LogP contribution is 2.10. The molecule has 1 heterocycles. The molecule has 0 atom stereocenters. The van der Waals surface area contributed by atoms with Crippen LogP contribution in [0.3, 0.4) is 0 Å². The highest BCUT2D eigenvalue weighted by molar-refractivity contribution is 5.73. The lowest BCUT2D eigenvalue weighted by Crippen LogP contribution is -2.12. The molecule has 0 unspecified atom stereocenters. The first kappa shape index (κ1) is 25.1. The molecular formula is C18H39N3O3. The zero-order valence-electron chi connectivity index (χ0n) is 15.4. The lowest BCUT2D eigenvalue weighted by molar-refractivity contribution is -0.137. The molecule has 6 heteroatoms. The zero-order chi connectivity index (χ0) is 17.2. The average molecular weight is 346 g/mol. The van der Waals surface area contributed by atoms with Gasteiger partial charge >= 0.3 is 5.97 Å². The summed E-state index contributed by atoms with van der Waals surface area (Å²) >= 11 is 0. The minimum absolute atomic E-state index is 0. The summed E-state index contributed by atoms with van der Waals surface area (Å²) in [6, 6.07) is 0. The Morgan fingerprint density at radius 3 is 1.58 bits per heavy atom. The van der Waals surface area contributed by atoms with E-state index < -0.39 is 5.97 Å². The first-order valence-electron chi connectivity index (χ1n) is 9.33. The first-order valence-corrected chi connectivity index (χ1v) is 9.33. The van der Waals surface area contributed by atoms with E-state index in [2.05, 4.69) is 5.32 Å². The van der Waals surface area contributed by atoms with Crippen LogP contribution in [0.5, 0.6) is 0 Å². The molecule has 0 aromatic carbocycles. The lowest BCUT2D eigenvalue weighted by atomic mass is 10.1. The van der Waals surface area contributed by atoms with Crippen LogP contribution in [0, 0.1) is 0 Å². The third-order valence-corrected chi connectivity index (χ3v) is 4.02. The molecule has 1 aliphatic heterocycles. The maximum atomic E-state index is 10.4. The maximum Gasteiger partial charge on any atom is 0.303 e. The van der Waals surface area contributed by atoms with E-state index in [4.69, 9.17) is 10.8 Å². The van der Waals surface area contributed by atoms with Crippen molar-refractivity contribution in [1.29, 1.82) is 0 Å². The molecule has 0 aliphatic carbocycles. The van der Waals surface area contributed by atoms with Crippen molar-refractivity contribution >= 4 is 11.9 Å². The quantitative estimate of drug-likeness (QED) is 0.424. The number of carbonyl (C=O) groups is 2. The van der Waals surface area contributed by atoms with E-state index >= 15 is 0 Å². The third kappa shape index (κ3) is 23.1. The predicted molar refractivity (Wildman–Crippen MR) is 99.4 cm³/mol. The molecular weight excluding hydrogens is 306 g/mol. The van der Waals surface area contributed by atoms with Gasteiger partial charge < -0.3 is 22.3 Å². The smallest absolute Gasteiger partial charge is 0.303 e. The molecule has 0 aromatic rings. The van der Waals surface area contributed by atoms with E-state index in [0.29, 0.717) is 12.8 Å². The fourth-order valence-corrected chi connectivity index (χ4v) is 2.61. The van der Waals surface area contributed by atoms with Gasteiger partial charge in [0.1, 0.15) is 0 Å². The normalized spacial score (nSPS) is 13.8. The number of hydrogen-bond donors (Lipinski definition) is 4. The van der Waals surface area contributed by atoms with Gasteiger partial charge in [-0.2, -0.15) is 0 Å². The molecule has 1 fully saturated rings. The van der Waals surface area contributed by atoms with Gasteiger partial charge in [-0.1, -0.05) is 51.4 Å². The molecule has 1 saturated heterocycles. The van der Waals surface area contributed by atoms with E-state index in [1.54, 1.807) is 0 Å². The number of aliphatic carboxylic acids is 1. The zero-order valence-corrected chi connectivity index (χ0v) is 15.4. The molecule has 0 spiro atoms. The predicted octanol–water partition coefficient (Wildman–Crippen LogP) is 3.77. The highest BCUT2D eigenvalue weighted by atomic mass is 16.4. The van der Waals surface area contributed by atoms with Crippen LogP contribution in [0.2, 0.25) is 0 Å². The lowest BCUT2D eigenvalue weighted by Gasteiger charge is -2.00. The van der Waals surface area contributed by atoms with Crippen molar-refractivity contribution in [3.63, 3.8) is 0 Å². The van der Waals surface area contributed by atoms with E-state index in [9.17, 15) is 9.59 Å². The van der Waals surface area contributed by atoms with Crippen LogP contribution >= 0.6 is 0 Å². The maximum absolute atomic E-state index is 10.4. The molecule has 0 radical (unpaired) electrons. The molecule has 0 saturated carbocycles. The largest absolute Gasteiger partial charge is 0.481 e. The van der Waals surface area contributed by atoms with Gasteiger partial charge in [-0.25, -0.2) is 0 Å². The Balaban J connectivity index is 0. The summed E-state index contributed by atoms with van der Waals surface area (Å²) in [6.45, 7) is 2.50. The monoisotopic (exact) mass is 345 g/mol. The Morgan fingerprint density at radius 1 is 0.750 bits per heavy atom. The molecule has 0 aromatic heterocycles. The van der Waals surface area contributed by atoms with Crippen molar-refractivity contribution in [2.24, 2.45) is 5.73 Å². The van der Waals surface area contributed by atoms with Gasteiger partial charge in [0.25, 0.3) is 0 Å². The number of hydrogen-bond acceptors (Lipinski definition) is 4. The van der Waals surface area contributed by atoms with E-state index in [1.165, 1.54) is 45.2 Å². The van der Waals surface area contributed by atoms with Gasteiger partial charge in [-0.05, 0) is 38.8 Å². The number of carboxylic acid groups (broad SMARTS) is 1. The van der Waals surface area contributed by atoms with Gasteiger partial charge in [-0.15, -0.1) is 0 Å². The fourth-order valence-electron chi connectivity index (χ4n) is 2.61. The number of primary amides is 1. The van der Waals surface area contributed by atoms with Gasteiger partial charge in [0.05, 0.1) is 0 Å². The number of unbranched alkanes of at least 4 members (excludes halogenated alkanes) is 7. The second-order valence-electron chi connectivity index (χ2n) is 6.35. The number of amides is 1. The molecule has 7 N–H and O–H groups in total. The van der Waals surface area contributed by atoms with Crippen LogP contribution in [-0.4, -0.2) is 30.1 Å². The van der Waals surface area contributed by atoms with Gasteiger partial charge in [0, 0.05) is 12.8 Å². The Morgan fingerprint density at radius 2 is 1.17 bits per heavy atom. The van der Waals surface area contributed by atoms with Crippen LogP contribution in [0.1, 0.15) is 89.9 Å². The van der Waals surface area contributed by atoms with Crippen molar-refractivity contribution in [2.45, 2.75) is 89.9 Å². The molecule has 0 bridgehead atoms. The summed E-state index contributed by atoms with van der Waals surface area (Å²) in [6.07, 6.45) is 14.8. The van der Waals surface area contributed by atoms with Crippen LogP contribution in [-0.2, 0) is 9.59 Å². The van der Waals surface area contributed by atoms with Crippen LogP contribution in [0.15, 0.2) is 0 Å². The summed E-state index contributed by atoms with van der Waals surface area (Å²) in [4.78, 5) is 20.7. The number of carboxylic acids is 1. The van der Waals surface area contributed by atoms with Crippen molar-refractivity contribution in [3.8, 4) is 0 Å². The Hall–Kier alpha value is -1.14. The van der Waals surface area contributed by atoms with Crippen LogP contribution < -0.4 is 17.2 Å². The Kier molecular flexibility index (Phi) is 20.8. The standard InChI is InChI=1S/C12H23NO3.C6H13N.H3N/c13-11(14)9-7-5-3-1-2-4-6-8-10-12(15)16;1-2-4-6-7-5-3-1;/h1-10H2,(H2,13,14)(H,15,16);7H,1-6H2;1H3. The van der Waals surface area contributed by atoms with E-state index in [0.717, 1.165) is 44.9 Å². The topological polar surface area (TPSA) is 127 Å². The van der Waals surface area contributed by atoms with Gasteiger partial charge in [0.15, 0.2) is 0 Å². The molecule has 1 amide bonds. The van der Waals surface area contributed by atoms with E-state index in [1.807, 2.05) is 0 Å². The summed E-state index contributed by atoms with van der Waals surface area (Å²) < 4.78 is 0. The minimum Gasteiger partial charge on any atom is -0.481 e. The summed E-state index contributed by atoms with van der Waals surface area (Å²) in [5.41, 5.74) is 5.03. The first-order chi connectivity index (χ1) is 11.1. The molecule has 24 heavy (non-hydrogen) atoms. The number of carbonyl (C=O) groups excluding carboxylic acids is 1. The van der Waals surface area contributed by atoms with E-state index in [-0.39, 0.29) is 12.1 Å². The molecule has 6 nitrogen and oxygen atoms in total. The fraction of sp³-hybridized carbons (Fsp3) is 0.889. The number of nitrogens with two attached hydrogens (primary N) is 1. The van der Waals surface area contributed by atoms with Crippen molar-refractivity contribution in [1.82, 2.24) is 11.5 Å². The summed E-state index contributed by atoms with van der Waals surface area (Å²) in [7, 11) is 0. The molecule has 1 aliphatic rings. The summed E-state index contributed by atoms with van der Waals surface area (Å²) in [5.74, 6) is -0.917. The second kappa shape index (κ2) is 19.9. The van der Waals surface area contributed by atoms with Crippen molar-refractivity contribution in [3.05, 3.63) is 0 Å². The number of nitrogens with one attached hydrogen (secondary N) is 1. The van der Waals surface area contributed by atoms with Crippen LogP contribution in [0.4, 0.5) is 0 Å². The average Bonchev–Trinajstić information content (AvgIpc) is 2.82. The highest BCUT2D eigenvalue weighted by Gasteiger charge is 1.97. The molecule has 1 rings (SSSR count). The second-order valence-corrected chi connectivity index (χ2v) is 6.35. The molecule has 144 valence electrons. The summed E-state index contributed by atoms with van der Waals surface area (Å²) in [5, 5.41) is 11.8. The van der Waals surface area contributed by atoms with Gasteiger partial charge in [-0.3, -0.25) is 9.59 Å². The third-order valence-electron chi connectivity index (χ3n) is 4.02. The van der Waals surface area contributed by atoms with Crippen molar-refractivity contribution in [2.75, 3.05) is 13.1 Å². The minimum atomic E-state index is -0.702. The number of rotatable bonds is 11. The van der Waals surface area contributed by atoms with Gasteiger partial charge in [0.2, 0.25) is 5.91 Å². The Labute approximate surface area is 147 Å². The Bertz CT molecular complexity index is 258. The SMILES string of the molecule is C1CCCNCC1.N.NC(=O)CCCCCCCCCCC(=O)O. The van der Waals surface area contributed by atoms with Crippen LogP contribution in [0.25, 0.3) is 0 Å². The van der Waals surface area contributed by atoms with Crippen molar-refractivity contribution < 1.29 is 14.7 Å².